The number of ether oxygens (including phenoxy) is 2. The second-order valence-corrected chi connectivity index (χ2v) is 3.94. The van der Waals surface area contributed by atoms with Crippen molar-refractivity contribution in [3.63, 3.8) is 0 Å². The van der Waals surface area contributed by atoms with Crippen LogP contribution in [0.15, 0.2) is 12.2 Å². The van der Waals surface area contributed by atoms with Gasteiger partial charge in [-0.05, 0) is 25.3 Å². The Morgan fingerprint density at radius 1 is 1.24 bits per heavy atom. The van der Waals surface area contributed by atoms with Crippen LogP contribution >= 0.6 is 0 Å². The third-order valence-electron chi connectivity index (χ3n) is 2.51. The fourth-order valence-electron chi connectivity index (χ4n) is 1.79. The van der Waals surface area contributed by atoms with Gasteiger partial charge in [0.15, 0.2) is 0 Å². The summed E-state index contributed by atoms with van der Waals surface area (Å²) < 4.78 is 35.5. The topological polar surface area (TPSA) is 18.5 Å². The molecule has 4 heteroatoms. The van der Waals surface area contributed by atoms with Crippen LogP contribution in [0.2, 0.25) is 0 Å². The van der Waals surface area contributed by atoms with Gasteiger partial charge >= 0.3 is 0 Å². The van der Waals surface area contributed by atoms with Crippen LogP contribution in [0.4, 0.5) is 8.78 Å². The lowest BCUT2D eigenvalue weighted by molar-refractivity contribution is -0.0289. The maximum Gasteiger partial charge on any atom is 0.263 e. The summed E-state index contributed by atoms with van der Waals surface area (Å²) in [4.78, 5) is 0. The van der Waals surface area contributed by atoms with Crippen molar-refractivity contribution >= 4 is 0 Å². The quantitative estimate of drug-likeness (QED) is 0.691. The Hall–Kier alpha value is -0.480. The number of alkyl halides is 2. The molecule has 1 aliphatic carbocycles. The zero-order valence-electron chi connectivity index (χ0n) is 11.2. The minimum atomic E-state index is -2.75. The summed E-state index contributed by atoms with van der Waals surface area (Å²) in [6.07, 6.45) is 5.45. The molecule has 1 saturated carbocycles. The van der Waals surface area contributed by atoms with E-state index in [1.54, 1.807) is 7.11 Å². The minimum absolute atomic E-state index is 0.0603. The van der Waals surface area contributed by atoms with E-state index >= 15 is 0 Å². The number of rotatable bonds is 5. The van der Waals surface area contributed by atoms with Gasteiger partial charge in [0, 0.05) is 14.0 Å². The van der Waals surface area contributed by atoms with E-state index in [4.69, 9.17) is 9.47 Å². The van der Waals surface area contributed by atoms with Crippen LogP contribution in [0, 0.1) is 0 Å². The van der Waals surface area contributed by atoms with E-state index in [-0.39, 0.29) is 18.8 Å². The third kappa shape index (κ3) is 7.45. The summed E-state index contributed by atoms with van der Waals surface area (Å²) in [6, 6.07) is 0. The molecule has 1 rings (SSSR count). The first kappa shape index (κ1) is 16.5. The Labute approximate surface area is 103 Å². The van der Waals surface area contributed by atoms with E-state index in [1.165, 1.54) is 6.08 Å². The molecule has 0 bridgehead atoms. The normalized spacial score (nSPS) is 24.8. The monoisotopic (exact) mass is 250 g/mol. The summed E-state index contributed by atoms with van der Waals surface area (Å²) in [5, 5.41) is 0. The molecule has 0 heterocycles. The summed E-state index contributed by atoms with van der Waals surface area (Å²) >= 11 is 0. The zero-order chi connectivity index (χ0) is 13.3. The number of allylic oxidation sites excluding steroid dienone is 1. The molecule has 2 atom stereocenters. The van der Waals surface area contributed by atoms with Gasteiger partial charge in [-0.15, -0.1) is 0 Å². The van der Waals surface area contributed by atoms with Gasteiger partial charge in [0.1, 0.15) is 0 Å². The molecule has 0 radical (unpaired) electrons. The zero-order valence-corrected chi connectivity index (χ0v) is 11.2. The van der Waals surface area contributed by atoms with E-state index in [9.17, 15) is 8.78 Å². The highest BCUT2D eigenvalue weighted by Gasteiger charge is 2.27. The molecule has 1 aliphatic rings. The summed E-state index contributed by atoms with van der Waals surface area (Å²) in [6.45, 7) is 5.09. The highest BCUT2D eigenvalue weighted by Crippen LogP contribution is 2.24. The molecule has 2 nitrogen and oxygen atoms in total. The van der Waals surface area contributed by atoms with Crippen molar-refractivity contribution in [2.75, 3.05) is 13.7 Å². The van der Waals surface area contributed by atoms with E-state index in [2.05, 4.69) is 0 Å². The molecule has 0 aromatic rings. The van der Waals surface area contributed by atoms with Crippen molar-refractivity contribution in [1.29, 1.82) is 0 Å². The van der Waals surface area contributed by atoms with Gasteiger partial charge in [-0.1, -0.05) is 19.9 Å². The molecule has 0 spiro atoms. The molecule has 0 N–H and O–H groups in total. The molecule has 1 fully saturated rings. The van der Waals surface area contributed by atoms with Gasteiger partial charge in [0.05, 0.1) is 18.8 Å². The Bertz CT molecular complexity index is 212. The molecule has 0 aliphatic heterocycles. The molecule has 17 heavy (non-hydrogen) atoms. The van der Waals surface area contributed by atoms with Gasteiger partial charge < -0.3 is 9.47 Å². The van der Waals surface area contributed by atoms with Crippen molar-refractivity contribution in [1.82, 2.24) is 0 Å². The molecule has 102 valence electrons. The molecule has 0 aromatic carbocycles. The van der Waals surface area contributed by atoms with Gasteiger partial charge in [0.2, 0.25) is 0 Å². The van der Waals surface area contributed by atoms with Crippen LogP contribution in [-0.2, 0) is 9.47 Å². The van der Waals surface area contributed by atoms with E-state index < -0.39 is 5.92 Å². The predicted molar refractivity (Wildman–Crippen MR) is 65.5 cm³/mol. The molecule has 0 saturated heterocycles. The third-order valence-corrected chi connectivity index (χ3v) is 2.51. The Morgan fingerprint density at radius 2 is 1.82 bits per heavy atom. The maximum absolute atomic E-state index is 12.4. The fraction of sp³-hybridized carbons (Fsp3) is 0.846. The van der Waals surface area contributed by atoms with Gasteiger partial charge in [0.25, 0.3) is 5.92 Å². The van der Waals surface area contributed by atoms with E-state index in [1.807, 2.05) is 13.8 Å². The lowest BCUT2D eigenvalue weighted by Crippen LogP contribution is -2.25. The Kier molecular flexibility index (Phi) is 8.35. The average Bonchev–Trinajstić information content (AvgIpc) is 2.73. The molecule has 0 amide bonds. The fourth-order valence-corrected chi connectivity index (χ4v) is 1.79. The lowest BCUT2D eigenvalue weighted by atomic mass is 10.2. The second kappa shape index (κ2) is 8.59. The van der Waals surface area contributed by atoms with Crippen LogP contribution < -0.4 is 0 Å². The number of halogens is 2. The second-order valence-electron chi connectivity index (χ2n) is 3.94. The smallest absolute Gasteiger partial charge is 0.263 e. The first-order valence-electron chi connectivity index (χ1n) is 6.23. The standard InChI is InChI=1S/C11H18F2O2.C2H6/c1-11(12,13)7-4-8-15-10-6-3-5-9(10)14-2;1-2/h4,7,9-10H,3,5-6,8H2,1-2H3;1-2H3/b7-4+;. The van der Waals surface area contributed by atoms with Crippen LogP contribution in [0.1, 0.15) is 40.0 Å². The number of hydrogen-bond donors (Lipinski definition) is 0. The van der Waals surface area contributed by atoms with E-state index in [0.29, 0.717) is 0 Å². The van der Waals surface area contributed by atoms with Crippen LogP contribution in [0.25, 0.3) is 0 Å². The number of methoxy groups -OCH3 is 1. The Balaban J connectivity index is 0.00000121. The van der Waals surface area contributed by atoms with Crippen molar-refractivity contribution in [3.8, 4) is 0 Å². The average molecular weight is 250 g/mol. The molecular weight excluding hydrogens is 226 g/mol. The first-order chi connectivity index (χ1) is 8.03. The summed E-state index contributed by atoms with van der Waals surface area (Å²) in [5.74, 6) is -2.75. The maximum atomic E-state index is 12.4. The van der Waals surface area contributed by atoms with Gasteiger partial charge in [-0.3, -0.25) is 0 Å². The molecule has 2 unspecified atom stereocenters. The number of hydrogen-bond acceptors (Lipinski definition) is 2. The van der Waals surface area contributed by atoms with Crippen molar-refractivity contribution < 1.29 is 18.3 Å². The van der Waals surface area contributed by atoms with Gasteiger partial charge in [-0.25, -0.2) is 8.78 Å². The molecule has 0 aromatic heterocycles. The van der Waals surface area contributed by atoms with Crippen LogP contribution in [0.5, 0.6) is 0 Å². The SMILES string of the molecule is CC.COC1CCCC1OC/C=C/C(C)(F)F. The summed E-state index contributed by atoms with van der Waals surface area (Å²) in [5.41, 5.74) is 0. The largest absolute Gasteiger partial charge is 0.379 e. The van der Waals surface area contributed by atoms with Gasteiger partial charge in [-0.2, -0.15) is 0 Å². The van der Waals surface area contributed by atoms with E-state index in [0.717, 1.165) is 32.3 Å². The van der Waals surface area contributed by atoms with Crippen LogP contribution in [0.3, 0.4) is 0 Å². The highest BCUT2D eigenvalue weighted by atomic mass is 19.3. The summed E-state index contributed by atoms with van der Waals surface area (Å²) in [7, 11) is 1.66. The van der Waals surface area contributed by atoms with Crippen molar-refractivity contribution in [2.24, 2.45) is 0 Å². The lowest BCUT2D eigenvalue weighted by Gasteiger charge is -2.17. The minimum Gasteiger partial charge on any atom is -0.379 e. The first-order valence-corrected chi connectivity index (χ1v) is 6.23. The highest BCUT2D eigenvalue weighted by molar-refractivity contribution is 4.92. The van der Waals surface area contributed by atoms with Crippen molar-refractivity contribution in [3.05, 3.63) is 12.2 Å². The van der Waals surface area contributed by atoms with Crippen molar-refractivity contribution in [2.45, 2.75) is 58.2 Å². The Morgan fingerprint density at radius 3 is 2.35 bits per heavy atom. The molecular formula is C13H24F2O2. The predicted octanol–water partition coefficient (Wildman–Crippen LogP) is 3.81. The van der Waals surface area contributed by atoms with Crippen LogP contribution in [-0.4, -0.2) is 31.8 Å².